The van der Waals surface area contributed by atoms with E-state index in [1.807, 2.05) is 66.0 Å². The van der Waals surface area contributed by atoms with E-state index in [9.17, 15) is 9.59 Å². The maximum absolute atomic E-state index is 13.4. The molecule has 0 bridgehead atoms. The molecule has 0 saturated heterocycles. The minimum Gasteiger partial charge on any atom is -0.288 e. The first-order valence-electron chi connectivity index (χ1n) is 8.32. The quantitative estimate of drug-likeness (QED) is 0.412. The molecule has 27 heavy (non-hydrogen) atoms. The van der Waals surface area contributed by atoms with Crippen molar-refractivity contribution in [3.63, 3.8) is 0 Å². The number of thiophene rings is 1. The molecule has 0 N–H and O–H groups in total. The lowest BCUT2D eigenvalue weighted by molar-refractivity contribution is 0.982. The third kappa shape index (κ3) is 2.53. The Kier molecular flexibility index (Phi) is 3.74. The van der Waals surface area contributed by atoms with Gasteiger partial charge in [-0.25, -0.2) is 4.98 Å². The smallest absolute Gasteiger partial charge is 0.271 e. The predicted octanol–water partition coefficient (Wildman–Crippen LogP) is 4.69. The van der Waals surface area contributed by atoms with E-state index < -0.39 is 0 Å². The zero-order valence-electron chi connectivity index (χ0n) is 14.0. The van der Waals surface area contributed by atoms with Crippen LogP contribution in [0.15, 0.2) is 81.7 Å². The third-order valence-corrected chi connectivity index (χ3v) is 6.30. The van der Waals surface area contributed by atoms with Gasteiger partial charge in [-0.3, -0.25) is 14.2 Å². The minimum atomic E-state index is -0.332. The number of hydrogen-bond donors (Lipinski definition) is 0. The largest absolute Gasteiger partial charge is 0.288 e. The molecule has 4 nitrogen and oxygen atoms in total. The van der Waals surface area contributed by atoms with Gasteiger partial charge in [-0.15, -0.1) is 22.7 Å². The van der Waals surface area contributed by atoms with Gasteiger partial charge in [-0.1, -0.05) is 36.4 Å². The summed E-state index contributed by atoms with van der Waals surface area (Å²) in [5, 5.41) is 2.64. The Hall–Kier alpha value is -3.09. The van der Waals surface area contributed by atoms with Crippen LogP contribution in [0.4, 0.5) is 0 Å². The highest BCUT2D eigenvalue weighted by atomic mass is 32.1. The van der Waals surface area contributed by atoms with E-state index in [-0.39, 0.29) is 16.4 Å². The standard InChI is InChI=1S/C21H12N2O2S2/c24-18-14-9-4-5-10-15(14)27-20-17(18)21(25)23(13-7-2-1-3-8-13)19(22-20)16-11-6-12-26-16/h1-12H. The Morgan fingerprint density at radius 3 is 2.41 bits per heavy atom. The molecule has 0 spiro atoms. The average Bonchev–Trinajstić information content (AvgIpc) is 3.23. The van der Waals surface area contributed by atoms with Gasteiger partial charge in [0.15, 0.2) is 5.82 Å². The van der Waals surface area contributed by atoms with Crippen molar-refractivity contribution in [2.24, 2.45) is 0 Å². The van der Waals surface area contributed by atoms with Crippen LogP contribution in [0.2, 0.25) is 0 Å². The van der Waals surface area contributed by atoms with Crippen molar-refractivity contribution in [3.05, 3.63) is 92.7 Å². The normalized spacial score (nSPS) is 11.3. The summed E-state index contributed by atoms with van der Waals surface area (Å²) in [6.45, 7) is 0. The van der Waals surface area contributed by atoms with Crippen molar-refractivity contribution in [1.82, 2.24) is 9.55 Å². The molecule has 0 aliphatic heterocycles. The average molecular weight is 388 g/mol. The second-order valence-electron chi connectivity index (χ2n) is 6.00. The molecule has 0 aliphatic carbocycles. The van der Waals surface area contributed by atoms with Gasteiger partial charge in [0.05, 0.1) is 10.6 Å². The van der Waals surface area contributed by atoms with E-state index in [1.165, 1.54) is 27.2 Å². The SMILES string of the molecule is O=c1c2ccccc2sc2nc(-c3cccs3)n(-c3ccccc3)c(=O)c12. The molecular formula is C21H12N2O2S2. The first-order valence-corrected chi connectivity index (χ1v) is 10.0. The zero-order chi connectivity index (χ0) is 18.4. The summed E-state index contributed by atoms with van der Waals surface area (Å²) >= 11 is 2.89. The van der Waals surface area contributed by atoms with Gasteiger partial charge in [-0.2, -0.15) is 0 Å². The van der Waals surface area contributed by atoms with Gasteiger partial charge in [0.25, 0.3) is 5.56 Å². The fourth-order valence-corrected chi connectivity index (χ4v) is 4.88. The maximum atomic E-state index is 13.4. The van der Waals surface area contributed by atoms with Crippen LogP contribution in [0.5, 0.6) is 0 Å². The van der Waals surface area contributed by atoms with Crippen LogP contribution in [0.3, 0.4) is 0 Å². The van der Waals surface area contributed by atoms with Gasteiger partial charge < -0.3 is 0 Å². The van der Waals surface area contributed by atoms with E-state index in [1.54, 1.807) is 6.07 Å². The predicted molar refractivity (Wildman–Crippen MR) is 112 cm³/mol. The molecule has 2 aromatic carbocycles. The molecule has 0 aliphatic rings. The number of nitrogens with zero attached hydrogens (tertiary/aromatic N) is 2. The summed E-state index contributed by atoms with van der Waals surface area (Å²) in [4.78, 5) is 32.6. The topological polar surface area (TPSA) is 52.0 Å². The van der Waals surface area contributed by atoms with Gasteiger partial charge in [0.1, 0.15) is 10.2 Å². The Bertz CT molecular complexity index is 1400. The minimum absolute atomic E-state index is 0.142. The molecule has 6 heteroatoms. The summed E-state index contributed by atoms with van der Waals surface area (Å²) in [5.74, 6) is 0.555. The molecule has 0 fully saturated rings. The van der Waals surface area contributed by atoms with Crippen LogP contribution in [-0.4, -0.2) is 9.55 Å². The van der Waals surface area contributed by atoms with Crippen molar-refractivity contribution in [1.29, 1.82) is 0 Å². The highest BCUT2D eigenvalue weighted by Crippen LogP contribution is 2.28. The molecule has 130 valence electrons. The lowest BCUT2D eigenvalue weighted by atomic mass is 10.2. The van der Waals surface area contributed by atoms with E-state index in [0.717, 1.165) is 9.58 Å². The fraction of sp³-hybridized carbons (Fsp3) is 0. The third-order valence-electron chi connectivity index (χ3n) is 4.37. The van der Waals surface area contributed by atoms with Gasteiger partial charge in [0.2, 0.25) is 5.43 Å². The van der Waals surface area contributed by atoms with Crippen molar-refractivity contribution in [2.45, 2.75) is 0 Å². The van der Waals surface area contributed by atoms with E-state index in [0.29, 0.717) is 21.7 Å². The van der Waals surface area contributed by atoms with Gasteiger partial charge >= 0.3 is 0 Å². The van der Waals surface area contributed by atoms with Gasteiger partial charge in [-0.05, 0) is 35.7 Å². The lowest BCUT2D eigenvalue weighted by Gasteiger charge is -2.12. The molecule has 3 heterocycles. The van der Waals surface area contributed by atoms with Crippen LogP contribution in [-0.2, 0) is 0 Å². The molecule has 3 aromatic heterocycles. The van der Waals surface area contributed by atoms with E-state index in [2.05, 4.69) is 0 Å². The van der Waals surface area contributed by atoms with Crippen LogP contribution < -0.4 is 11.0 Å². The maximum Gasteiger partial charge on any atom is 0.271 e. The van der Waals surface area contributed by atoms with Crippen molar-refractivity contribution >= 4 is 43.0 Å². The number of benzene rings is 2. The number of para-hydroxylation sites is 1. The summed E-state index contributed by atoms with van der Waals surface area (Å²) in [5.41, 5.74) is 0.0960. The molecule has 0 atom stereocenters. The highest BCUT2D eigenvalue weighted by Gasteiger charge is 2.18. The molecule has 0 saturated carbocycles. The first kappa shape index (κ1) is 16.1. The van der Waals surface area contributed by atoms with E-state index >= 15 is 0 Å². The molecule has 0 amide bonds. The number of aromatic nitrogens is 2. The van der Waals surface area contributed by atoms with Crippen LogP contribution in [0.1, 0.15) is 0 Å². The molecule has 0 unspecified atom stereocenters. The Balaban J connectivity index is 2.00. The van der Waals surface area contributed by atoms with Crippen molar-refractivity contribution in [2.75, 3.05) is 0 Å². The summed E-state index contributed by atoms with van der Waals surface area (Å²) in [7, 11) is 0. The second kappa shape index (κ2) is 6.26. The molecule has 5 aromatic rings. The van der Waals surface area contributed by atoms with Crippen LogP contribution in [0.25, 0.3) is 36.7 Å². The van der Waals surface area contributed by atoms with Crippen LogP contribution >= 0.6 is 22.7 Å². The second-order valence-corrected chi connectivity index (χ2v) is 7.97. The monoisotopic (exact) mass is 388 g/mol. The van der Waals surface area contributed by atoms with E-state index in [4.69, 9.17) is 4.98 Å². The Morgan fingerprint density at radius 1 is 0.852 bits per heavy atom. The number of fused-ring (bicyclic) bond motifs is 2. The summed E-state index contributed by atoms with van der Waals surface area (Å²) in [6.07, 6.45) is 0. The van der Waals surface area contributed by atoms with Crippen molar-refractivity contribution in [3.8, 4) is 16.4 Å². The zero-order valence-corrected chi connectivity index (χ0v) is 15.6. The fourth-order valence-electron chi connectivity index (χ4n) is 3.14. The lowest BCUT2D eigenvalue weighted by Crippen LogP contribution is -2.25. The first-order chi connectivity index (χ1) is 13.2. The molecular weight excluding hydrogens is 376 g/mol. The Labute approximate surface area is 161 Å². The number of hydrogen-bond acceptors (Lipinski definition) is 5. The molecule has 5 rings (SSSR count). The number of rotatable bonds is 2. The Morgan fingerprint density at radius 2 is 1.63 bits per heavy atom. The van der Waals surface area contributed by atoms with Gasteiger partial charge in [0, 0.05) is 10.1 Å². The summed E-state index contributed by atoms with van der Waals surface area (Å²) < 4.78 is 2.37. The van der Waals surface area contributed by atoms with Crippen LogP contribution in [0, 0.1) is 0 Å². The van der Waals surface area contributed by atoms with Crippen molar-refractivity contribution < 1.29 is 0 Å². The summed E-state index contributed by atoms with van der Waals surface area (Å²) in [6, 6.07) is 20.5. The molecule has 0 radical (unpaired) electrons. The highest BCUT2D eigenvalue weighted by molar-refractivity contribution is 7.24.